The largest absolute Gasteiger partial charge is 0.372 e. The van der Waals surface area contributed by atoms with Gasteiger partial charge in [-0.05, 0) is 39.7 Å². The maximum absolute atomic E-state index is 5.71. The molecule has 1 saturated heterocycles. The Labute approximate surface area is 104 Å². The van der Waals surface area contributed by atoms with Gasteiger partial charge in [-0.25, -0.2) is 0 Å². The predicted octanol–water partition coefficient (Wildman–Crippen LogP) is 3.59. The second kappa shape index (κ2) is 6.74. The van der Waals surface area contributed by atoms with Gasteiger partial charge in [0.1, 0.15) is 0 Å². The Hall–Kier alpha value is -0.760. The third-order valence-electron chi connectivity index (χ3n) is 2.68. The fraction of sp³-hybridized carbons (Fsp3) is 0.615. The van der Waals surface area contributed by atoms with E-state index in [1.165, 1.54) is 31.6 Å². The van der Waals surface area contributed by atoms with E-state index in [1.54, 1.807) is 0 Å². The standard InChI is InChI=1S/C13H21ClN2/c1-4-13(16-7-5-6-8-16)9-11(2)15-12(3)10-14/h4,9H,5-8,10H2,1-3H3/b11-9-,13-4-,15-12?. The Morgan fingerprint density at radius 2 is 1.94 bits per heavy atom. The molecule has 0 unspecified atom stereocenters. The van der Waals surface area contributed by atoms with Crippen LogP contribution < -0.4 is 0 Å². The van der Waals surface area contributed by atoms with Gasteiger partial charge in [-0.3, -0.25) is 4.99 Å². The van der Waals surface area contributed by atoms with Crippen molar-refractivity contribution in [2.45, 2.75) is 33.6 Å². The third-order valence-corrected chi connectivity index (χ3v) is 3.07. The van der Waals surface area contributed by atoms with Gasteiger partial charge in [-0.15, -0.1) is 11.6 Å². The molecule has 0 radical (unpaired) electrons. The van der Waals surface area contributed by atoms with Crippen LogP contribution in [0.4, 0.5) is 0 Å². The Morgan fingerprint density at radius 1 is 1.31 bits per heavy atom. The quantitative estimate of drug-likeness (QED) is 0.417. The molecule has 0 amide bonds. The number of hydrogen-bond donors (Lipinski definition) is 0. The Bertz CT molecular complexity index is 310. The minimum Gasteiger partial charge on any atom is -0.372 e. The van der Waals surface area contributed by atoms with E-state index in [0.717, 1.165) is 11.4 Å². The molecular weight excluding hydrogens is 220 g/mol. The van der Waals surface area contributed by atoms with E-state index in [-0.39, 0.29) is 0 Å². The molecule has 2 nitrogen and oxygen atoms in total. The van der Waals surface area contributed by atoms with Gasteiger partial charge in [0.15, 0.2) is 0 Å². The highest BCUT2D eigenvalue weighted by Crippen LogP contribution is 2.17. The van der Waals surface area contributed by atoms with Crippen molar-refractivity contribution in [1.82, 2.24) is 4.90 Å². The summed E-state index contributed by atoms with van der Waals surface area (Å²) in [5, 5.41) is 0. The van der Waals surface area contributed by atoms with Crippen LogP contribution in [0.5, 0.6) is 0 Å². The highest BCUT2D eigenvalue weighted by Gasteiger charge is 2.12. The maximum Gasteiger partial charge on any atom is 0.0605 e. The van der Waals surface area contributed by atoms with Crippen molar-refractivity contribution in [2.24, 2.45) is 4.99 Å². The molecule has 1 rings (SSSR count). The SMILES string of the molecule is C/C=C(/C=C(/C)N=C(C)CCl)N1CCCC1. The van der Waals surface area contributed by atoms with E-state index < -0.39 is 0 Å². The lowest BCUT2D eigenvalue weighted by atomic mass is 10.3. The first-order valence-corrected chi connectivity index (χ1v) is 6.40. The summed E-state index contributed by atoms with van der Waals surface area (Å²) in [7, 11) is 0. The molecule has 1 aliphatic rings. The van der Waals surface area contributed by atoms with Crippen LogP contribution in [-0.2, 0) is 0 Å². The zero-order valence-corrected chi connectivity index (χ0v) is 11.2. The second-order valence-corrected chi connectivity index (χ2v) is 4.44. The van der Waals surface area contributed by atoms with Crippen molar-refractivity contribution in [2.75, 3.05) is 19.0 Å². The monoisotopic (exact) mass is 240 g/mol. The molecule has 1 heterocycles. The highest BCUT2D eigenvalue weighted by atomic mass is 35.5. The summed E-state index contributed by atoms with van der Waals surface area (Å²) in [6.07, 6.45) is 6.89. The Kier molecular flexibility index (Phi) is 5.61. The van der Waals surface area contributed by atoms with E-state index in [4.69, 9.17) is 11.6 Å². The van der Waals surface area contributed by atoms with E-state index >= 15 is 0 Å². The molecule has 0 bridgehead atoms. The van der Waals surface area contributed by atoms with Crippen molar-refractivity contribution in [3.8, 4) is 0 Å². The van der Waals surface area contributed by atoms with Crippen LogP contribution in [-0.4, -0.2) is 29.6 Å². The molecule has 0 aliphatic carbocycles. The van der Waals surface area contributed by atoms with Crippen LogP contribution in [0.25, 0.3) is 0 Å². The summed E-state index contributed by atoms with van der Waals surface area (Å²) in [5.74, 6) is 0.500. The lowest BCUT2D eigenvalue weighted by Crippen LogP contribution is -2.17. The maximum atomic E-state index is 5.71. The van der Waals surface area contributed by atoms with Crippen LogP contribution in [0.3, 0.4) is 0 Å². The lowest BCUT2D eigenvalue weighted by Gasteiger charge is -2.18. The smallest absolute Gasteiger partial charge is 0.0605 e. The first kappa shape index (κ1) is 13.3. The molecule has 0 aromatic heterocycles. The van der Waals surface area contributed by atoms with E-state index in [0.29, 0.717) is 5.88 Å². The van der Waals surface area contributed by atoms with Crippen LogP contribution in [0.1, 0.15) is 33.6 Å². The fourth-order valence-corrected chi connectivity index (χ4v) is 1.97. The first-order chi connectivity index (χ1) is 7.67. The Balaban J connectivity index is 2.71. The summed E-state index contributed by atoms with van der Waals surface area (Å²) in [4.78, 5) is 6.84. The van der Waals surface area contributed by atoms with Gasteiger partial charge < -0.3 is 4.90 Å². The molecule has 3 heteroatoms. The molecule has 1 aliphatic heterocycles. The molecule has 0 aromatic rings. The molecular formula is C13H21ClN2. The molecule has 0 saturated carbocycles. The summed E-state index contributed by atoms with van der Waals surface area (Å²) in [5.41, 5.74) is 3.27. The number of hydrogen-bond acceptors (Lipinski definition) is 2. The van der Waals surface area contributed by atoms with Gasteiger partial charge >= 0.3 is 0 Å². The summed E-state index contributed by atoms with van der Waals surface area (Å²) in [6, 6.07) is 0. The third kappa shape index (κ3) is 4.01. The number of allylic oxidation sites excluding steroid dienone is 3. The zero-order valence-electron chi connectivity index (χ0n) is 10.5. The van der Waals surface area contributed by atoms with Crippen molar-refractivity contribution in [3.05, 3.63) is 23.5 Å². The van der Waals surface area contributed by atoms with Gasteiger partial charge in [-0.1, -0.05) is 6.08 Å². The molecule has 0 aromatic carbocycles. The fourth-order valence-electron chi connectivity index (χ4n) is 1.91. The van der Waals surface area contributed by atoms with Crippen molar-refractivity contribution >= 4 is 17.3 Å². The van der Waals surface area contributed by atoms with Crippen molar-refractivity contribution in [3.63, 3.8) is 0 Å². The number of alkyl halides is 1. The second-order valence-electron chi connectivity index (χ2n) is 4.17. The predicted molar refractivity (Wildman–Crippen MR) is 72.2 cm³/mol. The van der Waals surface area contributed by atoms with Gasteiger partial charge in [0.05, 0.1) is 5.88 Å². The minimum atomic E-state index is 0.500. The minimum absolute atomic E-state index is 0.500. The average molecular weight is 241 g/mol. The normalized spacial score (nSPS) is 19.5. The van der Waals surface area contributed by atoms with Gasteiger partial charge in [-0.2, -0.15) is 0 Å². The average Bonchev–Trinajstić information content (AvgIpc) is 2.79. The lowest BCUT2D eigenvalue weighted by molar-refractivity contribution is 0.439. The van der Waals surface area contributed by atoms with Crippen LogP contribution >= 0.6 is 11.6 Å². The van der Waals surface area contributed by atoms with Gasteiger partial charge in [0, 0.05) is 30.2 Å². The molecule has 90 valence electrons. The molecule has 0 atom stereocenters. The van der Waals surface area contributed by atoms with Crippen LogP contribution in [0.15, 0.2) is 28.5 Å². The van der Waals surface area contributed by atoms with Crippen LogP contribution in [0.2, 0.25) is 0 Å². The molecule has 0 spiro atoms. The van der Waals surface area contributed by atoms with E-state index in [2.05, 4.69) is 29.0 Å². The number of nitrogens with zero attached hydrogens (tertiary/aromatic N) is 2. The topological polar surface area (TPSA) is 15.6 Å². The number of aliphatic imine (C=N–C) groups is 1. The highest BCUT2D eigenvalue weighted by molar-refractivity contribution is 6.28. The molecule has 16 heavy (non-hydrogen) atoms. The van der Waals surface area contributed by atoms with Gasteiger partial charge in [0.25, 0.3) is 0 Å². The van der Waals surface area contributed by atoms with E-state index in [1.807, 2.05) is 13.8 Å². The Morgan fingerprint density at radius 3 is 2.44 bits per heavy atom. The molecule has 1 fully saturated rings. The summed E-state index contributed by atoms with van der Waals surface area (Å²) in [6.45, 7) is 8.39. The number of rotatable bonds is 4. The van der Waals surface area contributed by atoms with E-state index in [9.17, 15) is 0 Å². The molecule has 0 N–H and O–H groups in total. The van der Waals surface area contributed by atoms with Crippen LogP contribution in [0, 0.1) is 0 Å². The summed E-state index contributed by atoms with van der Waals surface area (Å²) >= 11 is 5.71. The van der Waals surface area contributed by atoms with Crippen molar-refractivity contribution in [1.29, 1.82) is 0 Å². The summed E-state index contributed by atoms with van der Waals surface area (Å²) < 4.78 is 0. The van der Waals surface area contributed by atoms with Gasteiger partial charge in [0.2, 0.25) is 0 Å². The zero-order chi connectivity index (χ0) is 12.0. The number of likely N-dealkylation sites (tertiary alicyclic amines) is 1. The van der Waals surface area contributed by atoms with Crippen molar-refractivity contribution < 1.29 is 0 Å². The number of halogens is 1. The first-order valence-electron chi connectivity index (χ1n) is 5.87.